The molecule has 0 aliphatic rings. The molecule has 0 aliphatic carbocycles. The highest BCUT2D eigenvalue weighted by Gasteiger charge is 2.24. The molecular weight excluding hydrogens is 390 g/mol. The highest BCUT2D eigenvalue weighted by Crippen LogP contribution is 2.23. The van der Waals surface area contributed by atoms with E-state index in [1.54, 1.807) is 6.92 Å². The third-order valence-electron chi connectivity index (χ3n) is 4.08. The van der Waals surface area contributed by atoms with E-state index in [2.05, 4.69) is 10.4 Å². The van der Waals surface area contributed by atoms with E-state index in [0.29, 0.717) is 0 Å². The van der Waals surface area contributed by atoms with Crippen molar-refractivity contribution in [2.75, 3.05) is 6.54 Å². The maximum absolute atomic E-state index is 13.8. The predicted octanol–water partition coefficient (Wildman–Crippen LogP) is 3.74. The van der Waals surface area contributed by atoms with Crippen molar-refractivity contribution < 1.29 is 27.5 Å². The van der Waals surface area contributed by atoms with Crippen LogP contribution in [-0.4, -0.2) is 39.9 Å². The van der Waals surface area contributed by atoms with E-state index in [1.165, 1.54) is 6.07 Å². The van der Waals surface area contributed by atoms with Crippen molar-refractivity contribution in [3.63, 3.8) is 0 Å². The fourth-order valence-electron chi connectivity index (χ4n) is 2.60. The Hall–Kier alpha value is -2.13. The molecule has 1 heterocycles. The van der Waals surface area contributed by atoms with Crippen LogP contribution in [0.5, 0.6) is 0 Å². The van der Waals surface area contributed by atoms with E-state index >= 15 is 0 Å². The monoisotopic (exact) mass is 407 g/mol. The lowest BCUT2D eigenvalue weighted by Gasteiger charge is -2.15. The van der Waals surface area contributed by atoms with Crippen LogP contribution in [0.3, 0.4) is 0 Å². The molecule has 1 atom stereocenters. The molecular formula is C17H18ClF4N3O2. The van der Waals surface area contributed by atoms with E-state index in [1.807, 2.05) is 0 Å². The standard InChI is InChI=1S/C17H18ClF4N3O2/c1-2-13(16(21)22)23-7-6-9-14(17(26)27)24-25(15(9)18)8-10-11(19)4-3-5-12(10)20/h3-5,13,16,23H,2,6-8H2,1H3,(H,26,27). The maximum atomic E-state index is 13.8. The van der Waals surface area contributed by atoms with Gasteiger partial charge in [0.1, 0.15) is 16.8 Å². The molecule has 0 radical (unpaired) electrons. The molecule has 27 heavy (non-hydrogen) atoms. The Morgan fingerprint density at radius 3 is 2.44 bits per heavy atom. The Bertz CT molecular complexity index is 793. The van der Waals surface area contributed by atoms with Crippen LogP contribution in [0.4, 0.5) is 17.6 Å². The maximum Gasteiger partial charge on any atom is 0.356 e. The van der Waals surface area contributed by atoms with Crippen molar-refractivity contribution >= 4 is 17.6 Å². The summed E-state index contributed by atoms with van der Waals surface area (Å²) in [6, 6.07) is 2.30. The summed E-state index contributed by atoms with van der Waals surface area (Å²) in [6.45, 7) is 1.24. The number of hydrogen-bond donors (Lipinski definition) is 2. The number of halogens is 5. The highest BCUT2D eigenvalue weighted by atomic mass is 35.5. The molecule has 5 nitrogen and oxygen atoms in total. The quantitative estimate of drug-likeness (QED) is 0.621. The van der Waals surface area contributed by atoms with Crippen molar-refractivity contribution in [1.82, 2.24) is 15.1 Å². The first kappa shape index (κ1) is 21.2. The fraction of sp³-hybridized carbons (Fsp3) is 0.412. The second-order valence-corrected chi connectivity index (χ2v) is 6.19. The number of aromatic carboxylic acids is 1. The SMILES string of the molecule is CCC(NCCc1c(C(=O)O)nn(Cc2c(F)cccc2F)c1Cl)C(F)F. The first-order chi connectivity index (χ1) is 12.8. The summed E-state index contributed by atoms with van der Waals surface area (Å²) in [4.78, 5) is 11.4. The number of hydrogen-bond acceptors (Lipinski definition) is 3. The molecule has 148 valence electrons. The summed E-state index contributed by atoms with van der Waals surface area (Å²) in [7, 11) is 0. The molecule has 2 N–H and O–H groups in total. The van der Waals surface area contributed by atoms with Gasteiger partial charge in [-0.1, -0.05) is 24.6 Å². The van der Waals surface area contributed by atoms with Gasteiger partial charge in [0.2, 0.25) is 0 Å². The van der Waals surface area contributed by atoms with Crippen molar-refractivity contribution in [3.05, 3.63) is 51.8 Å². The molecule has 2 aromatic rings. The molecule has 1 aromatic carbocycles. The van der Waals surface area contributed by atoms with Gasteiger partial charge in [-0.25, -0.2) is 27.0 Å². The zero-order valence-corrected chi connectivity index (χ0v) is 15.1. The van der Waals surface area contributed by atoms with Gasteiger partial charge in [0, 0.05) is 11.1 Å². The van der Waals surface area contributed by atoms with Gasteiger partial charge in [-0.05, 0) is 31.5 Å². The molecule has 2 rings (SSSR count). The average molecular weight is 408 g/mol. The molecule has 1 aromatic heterocycles. The summed E-state index contributed by atoms with van der Waals surface area (Å²) < 4.78 is 54.1. The smallest absolute Gasteiger partial charge is 0.356 e. The van der Waals surface area contributed by atoms with Crippen LogP contribution in [0.2, 0.25) is 5.15 Å². The molecule has 0 fully saturated rings. The van der Waals surface area contributed by atoms with Gasteiger partial charge in [-0.15, -0.1) is 0 Å². The number of aromatic nitrogens is 2. The Kier molecular flexibility index (Phi) is 7.20. The third kappa shape index (κ3) is 4.98. The molecule has 0 bridgehead atoms. The van der Waals surface area contributed by atoms with Gasteiger partial charge >= 0.3 is 5.97 Å². The minimum Gasteiger partial charge on any atom is -0.476 e. The summed E-state index contributed by atoms with van der Waals surface area (Å²) in [5.41, 5.74) is -0.589. The van der Waals surface area contributed by atoms with Gasteiger partial charge in [-0.2, -0.15) is 5.10 Å². The number of benzene rings is 1. The third-order valence-corrected chi connectivity index (χ3v) is 4.50. The average Bonchev–Trinajstić information content (AvgIpc) is 2.91. The second kappa shape index (κ2) is 9.18. The Morgan fingerprint density at radius 2 is 1.93 bits per heavy atom. The molecule has 1 unspecified atom stereocenters. The molecule has 0 aliphatic heterocycles. The zero-order valence-electron chi connectivity index (χ0n) is 14.4. The zero-order chi connectivity index (χ0) is 20.1. The number of carbonyl (C=O) groups is 1. The lowest BCUT2D eigenvalue weighted by Crippen LogP contribution is -2.36. The summed E-state index contributed by atoms with van der Waals surface area (Å²) in [6.07, 6.45) is -2.34. The van der Waals surface area contributed by atoms with E-state index < -0.39 is 36.6 Å². The van der Waals surface area contributed by atoms with Gasteiger partial charge in [-0.3, -0.25) is 0 Å². The molecule has 0 saturated heterocycles. The number of carboxylic acid groups (broad SMARTS) is 1. The largest absolute Gasteiger partial charge is 0.476 e. The topological polar surface area (TPSA) is 67.2 Å². The normalized spacial score (nSPS) is 12.6. The minimum absolute atomic E-state index is 0.0173. The van der Waals surface area contributed by atoms with E-state index in [-0.39, 0.29) is 41.4 Å². The summed E-state index contributed by atoms with van der Waals surface area (Å²) in [5, 5.41) is 15.6. The van der Waals surface area contributed by atoms with E-state index in [9.17, 15) is 27.5 Å². The van der Waals surface area contributed by atoms with Gasteiger partial charge < -0.3 is 10.4 Å². The Morgan fingerprint density at radius 1 is 1.30 bits per heavy atom. The number of carboxylic acids is 1. The molecule has 0 spiro atoms. The Balaban J connectivity index is 2.24. The van der Waals surface area contributed by atoms with Crippen LogP contribution < -0.4 is 5.32 Å². The number of rotatable bonds is 9. The van der Waals surface area contributed by atoms with E-state index in [0.717, 1.165) is 16.8 Å². The van der Waals surface area contributed by atoms with Crippen LogP contribution in [-0.2, 0) is 13.0 Å². The lowest BCUT2D eigenvalue weighted by atomic mass is 10.1. The van der Waals surface area contributed by atoms with E-state index in [4.69, 9.17) is 11.6 Å². The number of nitrogens with zero attached hydrogens (tertiary/aromatic N) is 2. The van der Waals surface area contributed by atoms with Crippen LogP contribution in [0, 0.1) is 11.6 Å². The highest BCUT2D eigenvalue weighted by molar-refractivity contribution is 6.30. The van der Waals surface area contributed by atoms with Crippen LogP contribution >= 0.6 is 11.6 Å². The van der Waals surface area contributed by atoms with Gasteiger partial charge in [0.05, 0.1) is 12.6 Å². The van der Waals surface area contributed by atoms with Crippen molar-refractivity contribution in [2.24, 2.45) is 0 Å². The van der Waals surface area contributed by atoms with Crippen LogP contribution in [0.1, 0.15) is 35.0 Å². The minimum atomic E-state index is -2.56. The Labute approximate surface area is 157 Å². The summed E-state index contributed by atoms with van der Waals surface area (Å²) in [5.74, 6) is -3.01. The van der Waals surface area contributed by atoms with Crippen molar-refractivity contribution in [2.45, 2.75) is 38.8 Å². The molecule has 10 heteroatoms. The second-order valence-electron chi connectivity index (χ2n) is 5.83. The number of alkyl halides is 2. The first-order valence-electron chi connectivity index (χ1n) is 8.19. The van der Waals surface area contributed by atoms with Crippen LogP contribution in [0.15, 0.2) is 18.2 Å². The summed E-state index contributed by atoms with van der Waals surface area (Å²) >= 11 is 6.16. The lowest BCUT2D eigenvalue weighted by molar-refractivity contribution is 0.0687. The van der Waals surface area contributed by atoms with Crippen LogP contribution in [0.25, 0.3) is 0 Å². The van der Waals surface area contributed by atoms with Crippen molar-refractivity contribution in [1.29, 1.82) is 0 Å². The van der Waals surface area contributed by atoms with Gasteiger partial charge in [0.25, 0.3) is 6.43 Å². The molecule has 0 saturated carbocycles. The fourth-order valence-corrected chi connectivity index (χ4v) is 2.89. The first-order valence-corrected chi connectivity index (χ1v) is 8.56. The number of nitrogens with one attached hydrogen (secondary N) is 1. The molecule has 0 amide bonds. The van der Waals surface area contributed by atoms with Gasteiger partial charge in [0.15, 0.2) is 5.69 Å². The predicted molar refractivity (Wildman–Crippen MR) is 91.4 cm³/mol. The van der Waals surface area contributed by atoms with Crippen molar-refractivity contribution in [3.8, 4) is 0 Å².